The molecule has 1 N–H and O–H groups in total. The Morgan fingerprint density at radius 2 is 1.85 bits per heavy atom. The molecule has 0 fully saturated rings. The van der Waals surface area contributed by atoms with E-state index in [2.05, 4.69) is 15.3 Å². The van der Waals surface area contributed by atoms with Gasteiger partial charge in [0.2, 0.25) is 0 Å². The first-order valence-corrected chi connectivity index (χ1v) is 8.17. The van der Waals surface area contributed by atoms with Crippen LogP contribution in [0.2, 0.25) is 0 Å². The number of hydrogen-bond acceptors (Lipinski definition) is 4. The number of amides is 1. The predicted molar refractivity (Wildman–Crippen MR) is 93.5 cm³/mol. The van der Waals surface area contributed by atoms with Crippen molar-refractivity contribution in [2.75, 3.05) is 16.8 Å². The minimum atomic E-state index is -1.65. The number of para-hydroxylation sites is 1. The highest BCUT2D eigenvalue weighted by Gasteiger charge is 2.22. The average molecular weight is 370 g/mol. The predicted octanol–water partition coefficient (Wildman–Crippen LogP) is 3.84. The first-order chi connectivity index (χ1) is 13.0. The molecule has 0 saturated carbocycles. The molecule has 1 aromatic heterocycles. The highest BCUT2D eigenvalue weighted by atomic mass is 19.2. The number of carbonyl (C=O) groups is 1. The molecule has 1 aliphatic rings. The summed E-state index contributed by atoms with van der Waals surface area (Å²) in [4.78, 5) is 22.4. The topological polar surface area (TPSA) is 58.1 Å². The maximum atomic E-state index is 13.8. The van der Waals surface area contributed by atoms with Crippen molar-refractivity contribution in [2.45, 2.75) is 6.42 Å². The van der Waals surface area contributed by atoms with Crippen LogP contribution in [0.1, 0.15) is 16.1 Å². The van der Waals surface area contributed by atoms with Crippen LogP contribution in [0.4, 0.5) is 30.4 Å². The van der Waals surface area contributed by atoms with Gasteiger partial charge in [-0.25, -0.2) is 23.1 Å². The van der Waals surface area contributed by atoms with Gasteiger partial charge in [-0.3, -0.25) is 4.79 Å². The van der Waals surface area contributed by atoms with E-state index in [0.717, 1.165) is 24.2 Å². The van der Waals surface area contributed by atoms with Crippen LogP contribution in [0.15, 0.2) is 48.8 Å². The van der Waals surface area contributed by atoms with Crippen molar-refractivity contribution in [3.8, 4) is 0 Å². The van der Waals surface area contributed by atoms with Crippen LogP contribution in [0, 0.1) is 17.5 Å². The Morgan fingerprint density at radius 1 is 1.04 bits per heavy atom. The quantitative estimate of drug-likeness (QED) is 0.712. The minimum absolute atomic E-state index is 0.0199. The Labute approximate surface area is 152 Å². The summed E-state index contributed by atoms with van der Waals surface area (Å²) in [5.41, 5.74) is 1.68. The van der Waals surface area contributed by atoms with Crippen LogP contribution in [0.5, 0.6) is 0 Å². The molecule has 8 heteroatoms. The van der Waals surface area contributed by atoms with Gasteiger partial charge in [-0.1, -0.05) is 18.2 Å². The second-order valence-corrected chi connectivity index (χ2v) is 5.97. The fourth-order valence-corrected chi connectivity index (χ4v) is 3.00. The molecule has 0 saturated heterocycles. The third-order valence-electron chi connectivity index (χ3n) is 4.33. The molecule has 0 aliphatic carbocycles. The van der Waals surface area contributed by atoms with E-state index >= 15 is 0 Å². The molecule has 4 rings (SSSR count). The fraction of sp³-hybridized carbons (Fsp3) is 0.105. The number of rotatable bonds is 3. The number of halogens is 3. The standard InChI is InChI=1S/C19H13F3N4O/c20-12-5-6-13(18(22)17(12)21)25-19(27)14-9-16(24-10-23-14)26-8-7-11-3-1-2-4-15(11)26/h1-6,9-10H,7-8H2,(H,25,27). The molecule has 0 radical (unpaired) electrons. The maximum Gasteiger partial charge on any atom is 0.274 e. The second-order valence-electron chi connectivity index (χ2n) is 5.97. The summed E-state index contributed by atoms with van der Waals surface area (Å²) in [6, 6.07) is 11.0. The van der Waals surface area contributed by atoms with Crippen LogP contribution < -0.4 is 10.2 Å². The van der Waals surface area contributed by atoms with Crippen LogP contribution in [0.3, 0.4) is 0 Å². The van der Waals surface area contributed by atoms with Gasteiger partial charge >= 0.3 is 0 Å². The molecule has 0 spiro atoms. The number of nitrogens with zero attached hydrogens (tertiary/aromatic N) is 3. The third-order valence-corrected chi connectivity index (χ3v) is 4.33. The summed E-state index contributed by atoms with van der Waals surface area (Å²) in [6.45, 7) is 0.704. The van der Waals surface area contributed by atoms with Gasteiger partial charge in [0.15, 0.2) is 17.5 Å². The normalized spacial score (nSPS) is 12.8. The summed E-state index contributed by atoms with van der Waals surface area (Å²) in [6.07, 6.45) is 2.08. The average Bonchev–Trinajstić information content (AvgIpc) is 3.12. The van der Waals surface area contributed by atoms with Gasteiger partial charge in [0.25, 0.3) is 5.91 Å². The van der Waals surface area contributed by atoms with E-state index < -0.39 is 29.0 Å². The van der Waals surface area contributed by atoms with E-state index in [1.54, 1.807) is 0 Å². The van der Waals surface area contributed by atoms with Crippen molar-refractivity contribution >= 4 is 23.1 Å². The minimum Gasteiger partial charge on any atom is -0.326 e. The molecule has 1 aliphatic heterocycles. The highest BCUT2D eigenvalue weighted by molar-refractivity contribution is 6.03. The van der Waals surface area contributed by atoms with E-state index in [0.29, 0.717) is 12.4 Å². The van der Waals surface area contributed by atoms with Gasteiger partial charge in [0.05, 0.1) is 5.69 Å². The number of carbonyl (C=O) groups excluding carboxylic acids is 1. The SMILES string of the molecule is O=C(Nc1ccc(F)c(F)c1F)c1cc(N2CCc3ccccc32)ncn1. The van der Waals surface area contributed by atoms with Gasteiger partial charge < -0.3 is 10.2 Å². The first kappa shape index (κ1) is 17.0. The zero-order valence-electron chi connectivity index (χ0n) is 13.9. The molecule has 5 nitrogen and oxygen atoms in total. The molecule has 3 aromatic rings. The summed E-state index contributed by atoms with van der Waals surface area (Å²) in [7, 11) is 0. The summed E-state index contributed by atoms with van der Waals surface area (Å²) in [5, 5.41) is 2.20. The molecular formula is C19H13F3N4O. The lowest BCUT2D eigenvalue weighted by atomic mass is 10.2. The van der Waals surface area contributed by atoms with Crippen LogP contribution >= 0.6 is 0 Å². The van der Waals surface area contributed by atoms with Gasteiger partial charge in [-0.05, 0) is 30.2 Å². The van der Waals surface area contributed by atoms with Crippen LogP contribution in [0.25, 0.3) is 0 Å². The number of benzene rings is 2. The first-order valence-electron chi connectivity index (χ1n) is 8.17. The lowest BCUT2D eigenvalue weighted by molar-refractivity contribution is 0.102. The van der Waals surface area contributed by atoms with E-state index in [4.69, 9.17) is 0 Å². The summed E-state index contributed by atoms with van der Waals surface area (Å²) in [5.74, 6) is -4.68. The molecule has 2 heterocycles. The van der Waals surface area contributed by atoms with Gasteiger partial charge in [-0.2, -0.15) is 0 Å². The van der Waals surface area contributed by atoms with Crippen molar-refractivity contribution < 1.29 is 18.0 Å². The van der Waals surface area contributed by atoms with E-state index in [-0.39, 0.29) is 5.69 Å². The Kier molecular flexibility index (Phi) is 4.23. The van der Waals surface area contributed by atoms with E-state index in [9.17, 15) is 18.0 Å². The van der Waals surface area contributed by atoms with E-state index in [1.165, 1.54) is 18.0 Å². The van der Waals surface area contributed by atoms with E-state index in [1.807, 2.05) is 29.2 Å². The molecule has 136 valence electrons. The fourth-order valence-electron chi connectivity index (χ4n) is 3.00. The lowest BCUT2D eigenvalue weighted by Crippen LogP contribution is -2.19. The Balaban J connectivity index is 1.60. The second kappa shape index (κ2) is 6.71. The monoisotopic (exact) mass is 370 g/mol. The Morgan fingerprint density at radius 3 is 2.70 bits per heavy atom. The third kappa shape index (κ3) is 3.10. The van der Waals surface area contributed by atoms with Crippen molar-refractivity contribution in [1.82, 2.24) is 9.97 Å². The molecular weight excluding hydrogens is 357 g/mol. The molecule has 0 bridgehead atoms. The van der Waals surface area contributed by atoms with Crippen molar-refractivity contribution in [1.29, 1.82) is 0 Å². The zero-order chi connectivity index (χ0) is 19.0. The van der Waals surface area contributed by atoms with Crippen molar-refractivity contribution in [3.05, 3.63) is 77.5 Å². The summed E-state index contributed by atoms with van der Waals surface area (Å²) >= 11 is 0. The van der Waals surface area contributed by atoms with Crippen molar-refractivity contribution in [2.24, 2.45) is 0 Å². The smallest absolute Gasteiger partial charge is 0.274 e. The molecule has 2 aromatic carbocycles. The van der Waals surface area contributed by atoms with Crippen LogP contribution in [-0.4, -0.2) is 22.4 Å². The Bertz CT molecular complexity index is 1040. The Hall–Kier alpha value is -3.42. The van der Waals surface area contributed by atoms with Gasteiger partial charge in [0.1, 0.15) is 17.8 Å². The number of aromatic nitrogens is 2. The number of hydrogen-bond donors (Lipinski definition) is 1. The molecule has 0 atom stereocenters. The highest BCUT2D eigenvalue weighted by Crippen LogP contribution is 2.33. The molecule has 0 unspecified atom stereocenters. The summed E-state index contributed by atoms with van der Waals surface area (Å²) < 4.78 is 40.1. The van der Waals surface area contributed by atoms with Gasteiger partial charge in [-0.15, -0.1) is 0 Å². The lowest BCUT2D eigenvalue weighted by Gasteiger charge is -2.18. The number of nitrogens with one attached hydrogen (secondary N) is 1. The van der Waals surface area contributed by atoms with Crippen molar-refractivity contribution in [3.63, 3.8) is 0 Å². The van der Waals surface area contributed by atoms with Gasteiger partial charge in [0, 0.05) is 18.3 Å². The number of anilines is 3. The maximum absolute atomic E-state index is 13.8. The van der Waals surface area contributed by atoms with Crippen LogP contribution in [-0.2, 0) is 6.42 Å². The number of fused-ring (bicyclic) bond motifs is 1. The molecule has 27 heavy (non-hydrogen) atoms. The molecule has 1 amide bonds. The zero-order valence-corrected chi connectivity index (χ0v) is 13.9. The largest absolute Gasteiger partial charge is 0.326 e.